The van der Waals surface area contributed by atoms with E-state index in [2.05, 4.69) is 23.6 Å². The van der Waals surface area contributed by atoms with Crippen LogP contribution in [0.2, 0.25) is 0 Å². The van der Waals surface area contributed by atoms with Crippen LogP contribution in [0.15, 0.2) is 72.1 Å². The van der Waals surface area contributed by atoms with Gasteiger partial charge in [0.05, 0.1) is 19.1 Å². The van der Waals surface area contributed by atoms with Crippen molar-refractivity contribution in [3.05, 3.63) is 78.1 Å². The van der Waals surface area contributed by atoms with E-state index in [-0.39, 0.29) is 5.82 Å². The van der Waals surface area contributed by atoms with Crippen LogP contribution in [0.4, 0.5) is 5.82 Å². The van der Waals surface area contributed by atoms with Crippen LogP contribution in [0.3, 0.4) is 0 Å². The van der Waals surface area contributed by atoms with E-state index in [0.717, 1.165) is 5.56 Å². The van der Waals surface area contributed by atoms with Gasteiger partial charge in [0.1, 0.15) is 23.8 Å². The number of anilines is 1. The van der Waals surface area contributed by atoms with E-state index in [4.69, 9.17) is 24.5 Å². The summed E-state index contributed by atoms with van der Waals surface area (Å²) in [5, 5.41) is 0.391. The molecule has 2 aromatic carbocycles. The number of fused-ring (bicyclic) bond motifs is 2. The van der Waals surface area contributed by atoms with Gasteiger partial charge in [-0.15, -0.1) is 0 Å². The van der Waals surface area contributed by atoms with Crippen LogP contribution in [-0.4, -0.2) is 71.7 Å². The number of nitrogens with two attached hydrogens (primary N) is 1. The molecule has 8 atom stereocenters. The van der Waals surface area contributed by atoms with Crippen molar-refractivity contribution >= 4 is 52.0 Å². The summed E-state index contributed by atoms with van der Waals surface area (Å²) in [4.78, 5) is 43.5. The van der Waals surface area contributed by atoms with Crippen LogP contribution in [0, 0.1) is 0 Å². The molecule has 2 aromatic heterocycles. The fourth-order valence-corrected chi connectivity index (χ4v) is 9.71. The van der Waals surface area contributed by atoms with Crippen molar-refractivity contribution in [3.8, 4) is 0 Å². The standard InChI is InChI=1S/C26H30N5O12P3S/c1-47-26-29-23(27)20-24(30-26)31(15-28-20)25-22-21(40-19(41-22)12-16-8-4-2-5-9-16)18(39-25)13-38-45(34,35)43-46(36,37)42-44(32,33)14-17-10-6-3-7-11-17/h2-11,15,18-19,21-22,25H,12-14H2,1H3,(H,32,33)(H,34,35)(H,36,37)(H2,27,29,30)/t18-,19?,21?,22+,25-/m1/s1. The highest BCUT2D eigenvalue weighted by Crippen LogP contribution is 2.68. The summed E-state index contributed by atoms with van der Waals surface area (Å²) >= 11 is 1.27. The lowest BCUT2D eigenvalue weighted by Crippen LogP contribution is -2.31. The summed E-state index contributed by atoms with van der Waals surface area (Å²) in [7, 11) is -15.8. The van der Waals surface area contributed by atoms with Crippen molar-refractivity contribution in [1.82, 2.24) is 19.5 Å². The van der Waals surface area contributed by atoms with Gasteiger partial charge in [-0.2, -0.15) is 4.31 Å². The zero-order chi connectivity index (χ0) is 33.4. The maximum absolute atomic E-state index is 12.8. The Bertz CT molecular complexity index is 1870. The van der Waals surface area contributed by atoms with Crippen molar-refractivity contribution < 1.29 is 55.7 Å². The molecule has 0 spiro atoms. The second kappa shape index (κ2) is 13.8. The molecule has 6 rings (SSSR count). The number of nitrogens with zero attached hydrogens (tertiary/aromatic N) is 4. The lowest BCUT2D eigenvalue weighted by Gasteiger charge is -2.22. The van der Waals surface area contributed by atoms with E-state index >= 15 is 0 Å². The molecule has 47 heavy (non-hydrogen) atoms. The van der Waals surface area contributed by atoms with Crippen LogP contribution in [0.1, 0.15) is 17.4 Å². The molecule has 2 aliphatic heterocycles. The molecular formula is C26H30N5O12P3S. The van der Waals surface area contributed by atoms with Crippen molar-refractivity contribution in [3.63, 3.8) is 0 Å². The first kappa shape index (κ1) is 34.3. The number of thioether (sulfide) groups is 1. The SMILES string of the molecule is CSc1nc(N)c2ncn([C@@H]3O[C@H](COP(=O)(O)OP(=O)(O)OP(=O)(O)Cc4ccccc4)C4OC(Cc5ccccc5)O[C@@H]43)c2n1. The normalized spacial score (nSPS) is 26.4. The Morgan fingerprint density at radius 3 is 2.23 bits per heavy atom. The van der Waals surface area contributed by atoms with Gasteiger partial charge in [-0.25, -0.2) is 28.4 Å². The second-order valence-corrected chi connectivity index (χ2v) is 16.3. The molecule has 21 heteroatoms. The molecule has 0 amide bonds. The predicted molar refractivity (Wildman–Crippen MR) is 167 cm³/mol. The van der Waals surface area contributed by atoms with E-state index < -0.39 is 66.8 Å². The van der Waals surface area contributed by atoms with Gasteiger partial charge in [-0.1, -0.05) is 72.4 Å². The Morgan fingerprint density at radius 2 is 1.55 bits per heavy atom. The molecular weight excluding hydrogens is 699 g/mol. The van der Waals surface area contributed by atoms with Gasteiger partial charge in [0.15, 0.2) is 29.1 Å². The van der Waals surface area contributed by atoms with E-state index in [1.807, 2.05) is 30.3 Å². The molecule has 0 radical (unpaired) electrons. The molecule has 0 saturated carbocycles. The molecule has 5 N–H and O–H groups in total. The quantitative estimate of drug-likeness (QED) is 0.0863. The first-order valence-corrected chi connectivity index (χ1v) is 19.9. The highest BCUT2D eigenvalue weighted by Gasteiger charge is 2.54. The van der Waals surface area contributed by atoms with Crippen LogP contribution in [0.25, 0.3) is 11.2 Å². The van der Waals surface area contributed by atoms with Crippen LogP contribution in [0.5, 0.6) is 0 Å². The molecule has 5 unspecified atom stereocenters. The number of imidazole rings is 1. The molecule has 0 aliphatic carbocycles. The summed E-state index contributed by atoms with van der Waals surface area (Å²) in [5.74, 6) is 0.156. The maximum atomic E-state index is 12.8. The lowest BCUT2D eigenvalue weighted by molar-refractivity contribution is -0.149. The molecule has 4 heterocycles. The van der Waals surface area contributed by atoms with E-state index in [1.54, 1.807) is 29.0 Å². The van der Waals surface area contributed by atoms with E-state index in [9.17, 15) is 28.4 Å². The number of rotatable bonds is 13. The highest BCUT2D eigenvalue weighted by atomic mass is 32.2. The Labute approximate surface area is 272 Å². The van der Waals surface area contributed by atoms with Crippen molar-refractivity contribution in [1.29, 1.82) is 0 Å². The van der Waals surface area contributed by atoms with E-state index in [1.165, 1.54) is 30.2 Å². The number of aromatic nitrogens is 4. The molecule has 4 aromatic rings. The zero-order valence-electron chi connectivity index (χ0n) is 24.5. The van der Waals surface area contributed by atoms with Gasteiger partial charge < -0.3 is 34.6 Å². The van der Waals surface area contributed by atoms with Crippen LogP contribution in [-0.2, 0) is 53.6 Å². The minimum Gasteiger partial charge on any atom is -0.382 e. The number of phosphoric acid groups is 2. The number of hydrogen-bond acceptors (Lipinski definition) is 14. The van der Waals surface area contributed by atoms with Gasteiger partial charge in [-0.3, -0.25) is 13.7 Å². The van der Waals surface area contributed by atoms with Gasteiger partial charge in [0.2, 0.25) is 0 Å². The minimum absolute atomic E-state index is 0.156. The Morgan fingerprint density at radius 1 is 0.894 bits per heavy atom. The molecule has 2 aliphatic rings. The first-order valence-electron chi connectivity index (χ1n) is 13.9. The van der Waals surface area contributed by atoms with Gasteiger partial charge in [-0.05, 0) is 17.4 Å². The summed E-state index contributed by atoms with van der Waals surface area (Å²) in [6.45, 7) is -0.687. The topological polar surface area (TPSA) is 237 Å². The lowest BCUT2D eigenvalue weighted by atomic mass is 10.1. The van der Waals surface area contributed by atoms with Gasteiger partial charge in [0.25, 0.3) is 0 Å². The van der Waals surface area contributed by atoms with Gasteiger partial charge in [0, 0.05) is 6.42 Å². The smallest absolute Gasteiger partial charge is 0.382 e. The number of hydrogen-bond donors (Lipinski definition) is 4. The Balaban J connectivity index is 1.18. The Hall–Kier alpha value is -2.53. The molecule has 2 saturated heterocycles. The third-order valence-electron chi connectivity index (χ3n) is 7.10. The van der Waals surface area contributed by atoms with Crippen LogP contribution >= 0.6 is 35.0 Å². The fourth-order valence-electron chi connectivity index (χ4n) is 5.20. The number of benzene rings is 2. The summed E-state index contributed by atoms with van der Waals surface area (Å²) in [5.41, 5.74) is 8.01. The van der Waals surface area contributed by atoms with Crippen LogP contribution < -0.4 is 5.73 Å². The summed E-state index contributed by atoms with van der Waals surface area (Å²) in [6, 6.07) is 17.3. The third kappa shape index (κ3) is 8.20. The minimum atomic E-state index is -5.58. The highest BCUT2D eigenvalue weighted by molar-refractivity contribution is 7.98. The molecule has 17 nitrogen and oxygen atoms in total. The molecule has 2 fully saturated rings. The average molecular weight is 730 g/mol. The predicted octanol–water partition coefficient (Wildman–Crippen LogP) is 4.02. The molecule has 252 valence electrons. The number of ether oxygens (including phenoxy) is 3. The van der Waals surface area contributed by atoms with E-state index in [0.29, 0.717) is 28.3 Å². The summed E-state index contributed by atoms with van der Waals surface area (Å²) < 4.78 is 71.7. The fraction of sp³-hybridized carbons (Fsp3) is 0.346. The first-order chi connectivity index (χ1) is 22.3. The number of nitrogen functional groups attached to an aromatic ring is 1. The number of phosphoric ester groups is 1. The second-order valence-electron chi connectivity index (χ2n) is 10.5. The van der Waals surface area contributed by atoms with Gasteiger partial charge >= 0.3 is 23.2 Å². The monoisotopic (exact) mass is 729 g/mol. The third-order valence-corrected chi connectivity index (χ3v) is 12.4. The average Bonchev–Trinajstić information content (AvgIpc) is 3.69. The Kier molecular flexibility index (Phi) is 10.1. The van der Waals surface area contributed by atoms with Crippen molar-refractivity contribution in [2.75, 3.05) is 18.6 Å². The maximum Gasteiger partial charge on any atom is 0.488 e. The van der Waals surface area contributed by atoms with Crippen molar-refractivity contribution in [2.45, 2.75) is 48.6 Å². The summed E-state index contributed by atoms with van der Waals surface area (Å²) in [6.07, 6.45) is -1.42. The van der Waals surface area contributed by atoms with Crippen molar-refractivity contribution in [2.24, 2.45) is 0 Å². The zero-order valence-corrected chi connectivity index (χ0v) is 28.0. The molecule has 0 bridgehead atoms. The largest absolute Gasteiger partial charge is 0.488 e.